The van der Waals surface area contributed by atoms with Crippen molar-refractivity contribution < 1.29 is 17.6 Å². The highest BCUT2D eigenvalue weighted by atomic mass is 35.5. The summed E-state index contributed by atoms with van der Waals surface area (Å²) < 4.78 is 41.2. The lowest BCUT2D eigenvalue weighted by molar-refractivity contribution is 0.0951. The van der Waals surface area contributed by atoms with Crippen LogP contribution in [0.1, 0.15) is 15.2 Å². The van der Waals surface area contributed by atoms with Crippen LogP contribution in [0.25, 0.3) is 0 Å². The SMILES string of the molecule is O=C(NCc1ccc(Cl)s1)c1ccc(S(=O)(=O)Nc2ccccc2F)cc1. The number of para-hydroxylation sites is 1. The second-order valence-electron chi connectivity index (χ2n) is 5.50. The van der Waals surface area contributed by atoms with E-state index in [1.807, 2.05) is 6.07 Å². The van der Waals surface area contributed by atoms with E-state index in [2.05, 4.69) is 10.0 Å². The molecule has 0 aliphatic rings. The topological polar surface area (TPSA) is 75.3 Å². The molecule has 0 aliphatic carbocycles. The number of hydrogen-bond donors (Lipinski definition) is 2. The third-order valence-electron chi connectivity index (χ3n) is 3.60. The molecular weight excluding hydrogens is 411 g/mol. The number of halogens is 2. The summed E-state index contributed by atoms with van der Waals surface area (Å²) in [5.41, 5.74) is 0.163. The zero-order chi connectivity index (χ0) is 19.4. The lowest BCUT2D eigenvalue weighted by atomic mass is 10.2. The van der Waals surface area contributed by atoms with Crippen LogP contribution in [-0.4, -0.2) is 14.3 Å². The Hall–Kier alpha value is -2.42. The number of anilines is 1. The van der Waals surface area contributed by atoms with Gasteiger partial charge in [-0.05, 0) is 48.5 Å². The van der Waals surface area contributed by atoms with Gasteiger partial charge >= 0.3 is 0 Å². The second kappa shape index (κ2) is 8.08. The fraction of sp³-hybridized carbons (Fsp3) is 0.0556. The molecule has 0 saturated carbocycles. The fourth-order valence-corrected chi connectivity index (χ4v) is 4.34. The van der Waals surface area contributed by atoms with Crippen molar-refractivity contribution in [1.82, 2.24) is 5.32 Å². The number of rotatable bonds is 6. The van der Waals surface area contributed by atoms with Crippen LogP contribution in [0, 0.1) is 5.82 Å². The largest absolute Gasteiger partial charge is 0.347 e. The minimum absolute atomic E-state index is 0.0765. The maximum Gasteiger partial charge on any atom is 0.261 e. The standard InChI is InChI=1S/C18H14ClFN2O3S2/c19-17-10-7-13(26-17)11-21-18(23)12-5-8-14(9-6-12)27(24,25)22-16-4-2-1-3-15(16)20/h1-10,22H,11H2,(H,21,23). The molecule has 2 N–H and O–H groups in total. The lowest BCUT2D eigenvalue weighted by Crippen LogP contribution is -2.22. The molecule has 1 amide bonds. The Balaban J connectivity index is 1.68. The van der Waals surface area contributed by atoms with Gasteiger partial charge in [-0.15, -0.1) is 11.3 Å². The number of sulfonamides is 1. The summed E-state index contributed by atoms with van der Waals surface area (Å²) >= 11 is 7.21. The zero-order valence-electron chi connectivity index (χ0n) is 13.8. The van der Waals surface area contributed by atoms with Crippen LogP contribution in [0.4, 0.5) is 10.1 Å². The Morgan fingerprint density at radius 2 is 1.74 bits per heavy atom. The van der Waals surface area contributed by atoms with Crippen molar-refractivity contribution in [3.63, 3.8) is 0 Å². The van der Waals surface area contributed by atoms with Gasteiger partial charge in [0.15, 0.2) is 0 Å². The van der Waals surface area contributed by atoms with Crippen molar-refractivity contribution in [3.8, 4) is 0 Å². The zero-order valence-corrected chi connectivity index (χ0v) is 16.2. The molecule has 0 aliphatic heterocycles. The molecule has 3 aromatic rings. The molecule has 0 fully saturated rings. The highest BCUT2D eigenvalue weighted by Crippen LogP contribution is 2.21. The van der Waals surface area contributed by atoms with Crippen molar-refractivity contribution in [2.45, 2.75) is 11.4 Å². The summed E-state index contributed by atoms with van der Waals surface area (Å²) in [5.74, 6) is -1.02. The quantitative estimate of drug-likeness (QED) is 0.620. The van der Waals surface area contributed by atoms with Crippen LogP contribution in [0.3, 0.4) is 0 Å². The highest BCUT2D eigenvalue weighted by molar-refractivity contribution is 7.92. The third kappa shape index (κ3) is 4.85. The molecule has 2 aromatic carbocycles. The Bertz CT molecular complexity index is 1070. The summed E-state index contributed by atoms with van der Waals surface area (Å²) in [4.78, 5) is 13.0. The first-order chi connectivity index (χ1) is 12.8. The Kier molecular flexibility index (Phi) is 5.79. The second-order valence-corrected chi connectivity index (χ2v) is 8.98. The molecule has 3 rings (SSSR count). The van der Waals surface area contributed by atoms with Gasteiger partial charge in [-0.1, -0.05) is 23.7 Å². The molecule has 9 heteroatoms. The summed E-state index contributed by atoms with van der Waals surface area (Å²) in [7, 11) is -3.97. The molecule has 5 nitrogen and oxygen atoms in total. The minimum atomic E-state index is -3.97. The minimum Gasteiger partial charge on any atom is -0.347 e. The lowest BCUT2D eigenvalue weighted by Gasteiger charge is -2.09. The summed E-state index contributed by atoms with van der Waals surface area (Å²) in [6.07, 6.45) is 0. The monoisotopic (exact) mass is 424 g/mol. The van der Waals surface area contributed by atoms with Gasteiger partial charge in [0.25, 0.3) is 15.9 Å². The van der Waals surface area contributed by atoms with E-state index in [1.165, 1.54) is 53.8 Å². The first-order valence-electron chi connectivity index (χ1n) is 7.75. The first-order valence-corrected chi connectivity index (χ1v) is 10.4. The molecule has 1 heterocycles. The maximum absolute atomic E-state index is 13.6. The average Bonchev–Trinajstić information content (AvgIpc) is 3.07. The van der Waals surface area contributed by atoms with E-state index in [-0.39, 0.29) is 16.5 Å². The number of thiophene rings is 1. The number of carbonyl (C=O) groups excluding carboxylic acids is 1. The molecule has 27 heavy (non-hydrogen) atoms. The molecule has 0 unspecified atom stereocenters. The van der Waals surface area contributed by atoms with Gasteiger partial charge in [0.2, 0.25) is 0 Å². The van der Waals surface area contributed by atoms with E-state index in [1.54, 1.807) is 6.07 Å². The Labute approximate surface area is 164 Å². The summed E-state index contributed by atoms with van der Waals surface area (Å²) in [5, 5.41) is 2.73. The molecule has 140 valence electrons. The Morgan fingerprint density at radius 1 is 1.04 bits per heavy atom. The highest BCUT2D eigenvalue weighted by Gasteiger charge is 2.17. The van der Waals surface area contributed by atoms with Gasteiger partial charge < -0.3 is 5.32 Å². The predicted molar refractivity (Wildman–Crippen MR) is 104 cm³/mol. The predicted octanol–water partition coefficient (Wildman–Crippen LogP) is 4.27. The number of benzene rings is 2. The van der Waals surface area contributed by atoms with Crippen molar-refractivity contribution in [2.24, 2.45) is 0 Å². The molecule has 0 atom stereocenters. The van der Waals surface area contributed by atoms with Crippen LogP contribution in [0.15, 0.2) is 65.6 Å². The molecule has 0 spiro atoms. The van der Waals surface area contributed by atoms with Gasteiger partial charge in [-0.2, -0.15) is 0 Å². The fourth-order valence-electron chi connectivity index (χ4n) is 2.25. The van der Waals surface area contributed by atoms with Crippen molar-refractivity contribution >= 4 is 44.6 Å². The average molecular weight is 425 g/mol. The van der Waals surface area contributed by atoms with Crippen LogP contribution >= 0.6 is 22.9 Å². The summed E-state index contributed by atoms with van der Waals surface area (Å²) in [6.45, 7) is 0.325. The number of amides is 1. The van der Waals surface area contributed by atoms with Crippen molar-refractivity contribution in [2.75, 3.05) is 4.72 Å². The van der Waals surface area contributed by atoms with E-state index < -0.39 is 15.8 Å². The van der Waals surface area contributed by atoms with Crippen LogP contribution in [0.2, 0.25) is 4.34 Å². The van der Waals surface area contributed by atoms with E-state index >= 15 is 0 Å². The molecular formula is C18H14ClFN2O3S2. The van der Waals surface area contributed by atoms with Gasteiger partial charge in [-0.3, -0.25) is 9.52 Å². The van der Waals surface area contributed by atoms with Gasteiger partial charge in [0.05, 0.1) is 21.5 Å². The first kappa shape index (κ1) is 19.3. The van der Waals surface area contributed by atoms with E-state index in [0.717, 1.165) is 10.9 Å². The van der Waals surface area contributed by atoms with E-state index in [0.29, 0.717) is 16.4 Å². The van der Waals surface area contributed by atoms with Crippen molar-refractivity contribution in [3.05, 3.63) is 81.3 Å². The van der Waals surface area contributed by atoms with Crippen LogP contribution in [0.5, 0.6) is 0 Å². The normalized spacial score (nSPS) is 11.2. The van der Waals surface area contributed by atoms with Crippen molar-refractivity contribution in [1.29, 1.82) is 0 Å². The smallest absolute Gasteiger partial charge is 0.261 e. The van der Waals surface area contributed by atoms with Crippen LogP contribution < -0.4 is 10.0 Å². The van der Waals surface area contributed by atoms with Gasteiger partial charge in [0, 0.05) is 10.4 Å². The van der Waals surface area contributed by atoms with E-state index in [4.69, 9.17) is 11.6 Å². The number of carbonyl (C=O) groups is 1. The summed E-state index contributed by atoms with van der Waals surface area (Å²) in [6, 6.07) is 14.4. The van der Waals surface area contributed by atoms with Gasteiger partial charge in [-0.25, -0.2) is 12.8 Å². The number of hydrogen-bond acceptors (Lipinski definition) is 4. The Morgan fingerprint density at radius 3 is 2.37 bits per heavy atom. The molecule has 1 aromatic heterocycles. The maximum atomic E-state index is 13.6. The van der Waals surface area contributed by atoms with Gasteiger partial charge in [0.1, 0.15) is 5.82 Å². The molecule has 0 bridgehead atoms. The third-order valence-corrected chi connectivity index (χ3v) is 6.21. The number of nitrogens with one attached hydrogen (secondary N) is 2. The van der Waals surface area contributed by atoms with Crippen LogP contribution in [-0.2, 0) is 16.6 Å². The van der Waals surface area contributed by atoms with E-state index in [9.17, 15) is 17.6 Å². The molecule has 0 saturated heterocycles. The molecule has 0 radical (unpaired) electrons.